The molecule has 0 radical (unpaired) electrons. The van der Waals surface area contributed by atoms with Crippen LogP contribution in [-0.4, -0.2) is 25.4 Å². The maximum atomic E-state index is 12.1. The van der Waals surface area contributed by atoms with Crippen LogP contribution >= 0.6 is 0 Å². The average molecular weight is 376 g/mol. The lowest BCUT2D eigenvalue weighted by atomic mass is 10.3. The second-order valence-electron chi connectivity index (χ2n) is 4.62. The van der Waals surface area contributed by atoms with Gasteiger partial charge in [-0.2, -0.15) is 8.42 Å². The van der Waals surface area contributed by atoms with E-state index in [-0.39, 0.29) is 11.4 Å². The van der Waals surface area contributed by atoms with Crippen LogP contribution in [0.5, 0.6) is 5.75 Å². The molecule has 0 aliphatic heterocycles. The number of anilines is 2. The fraction of sp³-hybridized carbons (Fsp3) is 0.0714. The van der Waals surface area contributed by atoms with Crippen molar-refractivity contribution in [1.29, 1.82) is 0 Å². The SMILES string of the molecule is O=C(Nc1ccc(OC(F)(F)F)cc1)Nc1ccccc1S(=O)(=O)O. The highest BCUT2D eigenvalue weighted by Gasteiger charge is 2.30. The van der Waals surface area contributed by atoms with Gasteiger partial charge in [-0.3, -0.25) is 4.55 Å². The second kappa shape index (κ2) is 6.99. The molecule has 0 saturated carbocycles. The lowest BCUT2D eigenvalue weighted by Gasteiger charge is -2.11. The van der Waals surface area contributed by atoms with Crippen molar-refractivity contribution in [3.8, 4) is 5.75 Å². The van der Waals surface area contributed by atoms with Crippen molar-refractivity contribution >= 4 is 27.5 Å². The third-order valence-corrected chi connectivity index (χ3v) is 3.67. The number of benzene rings is 2. The number of rotatable bonds is 4. The first kappa shape index (κ1) is 18.5. The Morgan fingerprint density at radius 2 is 1.60 bits per heavy atom. The Morgan fingerprint density at radius 1 is 1.00 bits per heavy atom. The molecule has 0 unspecified atom stereocenters. The van der Waals surface area contributed by atoms with E-state index in [1.54, 1.807) is 0 Å². The maximum absolute atomic E-state index is 12.1. The Labute approximate surface area is 140 Å². The summed E-state index contributed by atoms with van der Waals surface area (Å²) in [7, 11) is -4.54. The van der Waals surface area contributed by atoms with Gasteiger partial charge in [0.25, 0.3) is 10.1 Å². The predicted octanol–water partition coefficient (Wildman–Crippen LogP) is 3.48. The summed E-state index contributed by atoms with van der Waals surface area (Å²) in [6.07, 6.45) is -4.83. The Hall–Kier alpha value is -2.79. The van der Waals surface area contributed by atoms with Gasteiger partial charge in [-0.15, -0.1) is 13.2 Å². The van der Waals surface area contributed by atoms with Gasteiger partial charge in [0, 0.05) is 5.69 Å². The number of halogens is 3. The summed E-state index contributed by atoms with van der Waals surface area (Å²) in [6, 6.07) is 8.59. The smallest absolute Gasteiger partial charge is 0.406 e. The van der Waals surface area contributed by atoms with Gasteiger partial charge in [-0.1, -0.05) is 12.1 Å². The molecule has 3 N–H and O–H groups in total. The molecule has 0 atom stereocenters. The lowest BCUT2D eigenvalue weighted by molar-refractivity contribution is -0.274. The van der Waals surface area contributed by atoms with Crippen LogP contribution in [0.3, 0.4) is 0 Å². The first-order valence-corrected chi connectivity index (χ1v) is 7.99. The molecule has 2 aromatic carbocycles. The van der Waals surface area contributed by atoms with Gasteiger partial charge in [0.15, 0.2) is 0 Å². The largest absolute Gasteiger partial charge is 0.573 e. The highest BCUT2D eigenvalue weighted by molar-refractivity contribution is 7.86. The fourth-order valence-electron chi connectivity index (χ4n) is 1.82. The van der Waals surface area contributed by atoms with Crippen LogP contribution in [0.1, 0.15) is 0 Å². The zero-order valence-corrected chi connectivity index (χ0v) is 13.1. The molecule has 0 fully saturated rings. The first-order chi connectivity index (χ1) is 11.5. The molecular formula is C14H11F3N2O5S. The number of hydrogen-bond donors (Lipinski definition) is 3. The van der Waals surface area contributed by atoms with Crippen LogP contribution in [0, 0.1) is 0 Å². The number of ether oxygens (including phenoxy) is 1. The highest BCUT2D eigenvalue weighted by atomic mass is 32.2. The summed E-state index contributed by atoms with van der Waals surface area (Å²) >= 11 is 0. The molecule has 0 bridgehead atoms. The van der Waals surface area contributed by atoms with Gasteiger partial charge in [-0.05, 0) is 36.4 Å². The fourth-order valence-corrected chi connectivity index (χ4v) is 2.47. The van der Waals surface area contributed by atoms with E-state index in [2.05, 4.69) is 15.4 Å². The summed E-state index contributed by atoms with van der Waals surface area (Å²) in [4.78, 5) is 11.4. The van der Waals surface area contributed by atoms with E-state index in [9.17, 15) is 26.4 Å². The molecule has 2 aromatic rings. The van der Waals surface area contributed by atoms with Gasteiger partial charge in [0.05, 0.1) is 5.69 Å². The lowest BCUT2D eigenvalue weighted by Crippen LogP contribution is -2.21. The molecule has 134 valence electrons. The van der Waals surface area contributed by atoms with Crippen molar-refractivity contribution in [2.45, 2.75) is 11.3 Å². The minimum absolute atomic E-state index is 0.136. The Bertz CT molecular complexity index is 867. The summed E-state index contributed by atoms with van der Waals surface area (Å²) in [6.45, 7) is 0. The van der Waals surface area contributed by atoms with Gasteiger partial charge in [-0.25, -0.2) is 4.79 Å². The second-order valence-corrected chi connectivity index (χ2v) is 6.01. The van der Waals surface area contributed by atoms with E-state index in [1.165, 1.54) is 18.2 Å². The number of carbonyl (C=O) groups excluding carboxylic acids is 1. The number of hydrogen-bond acceptors (Lipinski definition) is 4. The zero-order chi connectivity index (χ0) is 18.7. The Morgan fingerprint density at radius 3 is 2.16 bits per heavy atom. The monoisotopic (exact) mass is 376 g/mol. The van der Waals surface area contributed by atoms with E-state index in [1.807, 2.05) is 0 Å². The van der Waals surface area contributed by atoms with Gasteiger partial charge in [0.2, 0.25) is 0 Å². The number of carbonyl (C=O) groups is 1. The average Bonchev–Trinajstić information content (AvgIpc) is 2.47. The standard InChI is InChI=1S/C14H11F3N2O5S/c15-14(16,17)24-10-7-5-9(6-8-10)18-13(20)19-11-3-1-2-4-12(11)25(21,22)23/h1-8H,(H2,18,19,20)(H,21,22,23). The van der Waals surface area contributed by atoms with Crippen molar-refractivity contribution in [3.63, 3.8) is 0 Å². The van der Waals surface area contributed by atoms with Crippen molar-refractivity contribution in [3.05, 3.63) is 48.5 Å². The number of urea groups is 1. The Balaban J connectivity index is 2.07. The minimum Gasteiger partial charge on any atom is -0.406 e. The zero-order valence-electron chi connectivity index (χ0n) is 12.2. The predicted molar refractivity (Wildman–Crippen MR) is 82.0 cm³/mol. The van der Waals surface area contributed by atoms with Crippen molar-refractivity contribution < 1.29 is 35.7 Å². The minimum atomic E-state index is -4.83. The molecule has 0 spiro atoms. The molecule has 0 aliphatic carbocycles. The van der Waals surface area contributed by atoms with E-state index in [0.717, 1.165) is 30.3 Å². The third kappa shape index (κ3) is 5.65. The number of amides is 2. The number of nitrogens with one attached hydrogen (secondary N) is 2. The van der Waals surface area contributed by atoms with Crippen LogP contribution in [0.4, 0.5) is 29.3 Å². The van der Waals surface area contributed by atoms with Crippen LogP contribution in [-0.2, 0) is 10.1 Å². The topological polar surface area (TPSA) is 105 Å². The number of para-hydroxylation sites is 1. The molecule has 25 heavy (non-hydrogen) atoms. The van der Waals surface area contributed by atoms with E-state index < -0.39 is 33.2 Å². The van der Waals surface area contributed by atoms with Gasteiger partial charge < -0.3 is 15.4 Å². The number of alkyl halides is 3. The molecule has 0 aliphatic rings. The van der Waals surface area contributed by atoms with Crippen LogP contribution in [0.25, 0.3) is 0 Å². The molecular weight excluding hydrogens is 365 g/mol. The molecule has 0 heterocycles. The summed E-state index contributed by atoms with van der Waals surface area (Å²) < 4.78 is 71.4. The molecule has 2 rings (SSSR count). The molecule has 7 nitrogen and oxygen atoms in total. The third-order valence-electron chi connectivity index (χ3n) is 2.76. The van der Waals surface area contributed by atoms with E-state index >= 15 is 0 Å². The van der Waals surface area contributed by atoms with Gasteiger partial charge in [0.1, 0.15) is 10.6 Å². The molecule has 0 saturated heterocycles. The summed E-state index contributed by atoms with van der Waals surface area (Å²) in [5, 5.41) is 4.51. The summed E-state index contributed by atoms with van der Waals surface area (Å²) in [5.74, 6) is -0.463. The van der Waals surface area contributed by atoms with Crippen molar-refractivity contribution in [2.24, 2.45) is 0 Å². The normalized spacial score (nSPS) is 11.7. The molecule has 2 amide bonds. The van der Waals surface area contributed by atoms with Crippen LogP contribution in [0.15, 0.2) is 53.4 Å². The quantitative estimate of drug-likeness (QED) is 0.709. The maximum Gasteiger partial charge on any atom is 0.573 e. The van der Waals surface area contributed by atoms with Crippen molar-refractivity contribution in [1.82, 2.24) is 0 Å². The van der Waals surface area contributed by atoms with Crippen LogP contribution < -0.4 is 15.4 Å². The van der Waals surface area contributed by atoms with Crippen molar-refractivity contribution in [2.75, 3.05) is 10.6 Å². The molecule has 11 heteroatoms. The Kier molecular flexibility index (Phi) is 5.18. The van der Waals surface area contributed by atoms with Crippen LogP contribution in [0.2, 0.25) is 0 Å². The highest BCUT2D eigenvalue weighted by Crippen LogP contribution is 2.24. The molecule has 0 aromatic heterocycles. The van der Waals surface area contributed by atoms with Gasteiger partial charge >= 0.3 is 12.4 Å². The van der Waals surface area contributed by atoms with E-state index in [0.29, 0.717) is 0 Å². The van der Waals surface area contributed by atoms with E-state index in [4.69, 9.17) is 4.55 Å². The first-order valence-electron chi connectivity index (χ1n) is 6.55. The summed E-state index contributed by atoms with van der Waals surface area (Å²) in [5.41, 5.74) is -0.0316.